The van der Waals surface area contributed by atoms with Crippen LogP contribution < -0.4 is 10.2 Å². The van der Waals surface area contributed by atoms with Crippen LogP contribution in [0.3, 0.4) is 0 Å². The van der Waals surface area contributed by atoms with E-state index in [1.807, 2.05) is 31.1 Å². The number of sulfonamides is 1. The maximum Gasteiger partial charge on any atom is 0.252 e. The van der Waals surface area contributed by atoms with Gasteiger partial charge in [0.1, 0.15) is 5.82 Å². The molecule has 1 aliphatic rings. The molecule has 9 heteroatoms. The van der Waals surface area contributed by atoms with Crippen molar-refractivity contribution in [2.24, 2.45) is 0 Å². The lowest BCUT2D eigenvalue weighted by Gasteiger charge is -2.16. The number of benzene rings is 1. The molecule has 7 nitrogen and oxygen atoms in total. The van der Waals surface area contributed by atoms with E-state index in [0.29, 0.717) is 29.7 Å². The highest BCUT2D eigenvalue weighted by molar-refractivity contribution is 9.10. The third kappa shape index (κ3) is 4.53. The number of rotatable bonds is 6. The number of amides is 1. The first kappa shape index (κ1) is 20.8. The smallest absolute Gasteiger partial charge is 0.252 e. The lowest BCUT2D eigenvalue weighted by molar-refractivity contribution is 0.0950. The van der Waals surface area contributed by atoms with E-state index in [2.05, 4.69) is 26.2 Å². The summed E-state index contributed by atoms with van der Waals surface area (Å²) in [6.45, 7) is 1.37. The first-order valence-electron chi connectivity index (χ1n) is 8.99. The van der Waals surface area contributed by atoms with Crippen LogP contribution in [0.15, 0.2) is 45.9 Å². The minimum Gasteiger partial charge on any atom is -0.363 e. The van der Waals surface area contributed by atoms with Crippen molar-refractivity contribution in [3.05, 3.63) is 52.1 Å². The van der Waals surface area contributed by atoms with Crippen LogP contribution in [0.2, 0.25) is 0 Å². The lowest BCUT2D eigenvalue weighted by Crippen LogP contribution is -2.28. The maximum atomic E-state index is 12.8. The second-order valence-corrected chi connectivity index (χ2v) is 9.64. The molecular formula is C19H23BrN4O3S. The Balaban J connectivity index is 1.77. The molecule has 28 heavy (non-hydrogen) atoms. The number of carbonyl (C=O) groups is 1. The van der Waals surface area contributed by atoms with Crippen LogP contribution in [0, 0.1) is 0 Å². The van der Waals surface area contributed by atoms with Gasteiger partial charge in [0.05, 0.1) is 10.5 Å². The molecule has 0 bridgehead atoms. The van der Waals surface area contributed by atoms with Crippen molar-refractivity contribution in [2.75, 3.05) is 32.1 Å². The Kier molecular flexibility index (Phi) is 6.36. The van der Waals surface area contributed by atoms with Gasteiger partial charge in [0.2, 0.25) is 10.0 Å². The summed E-state index contributed by atoms with van der Waals surface area (Å²) in [4.78, 5) is 19.0. The number of halogens is 1. The Morgan fingerprint density at radius 3 is 2.61 bits per heavy atom. The molecule has 0 radical (unpaired) electrons. The average molecular weight is 467 g/mol. The highest BCUT2D eigenvalue weighted by Crippen LogP contribution is 2.25. The average Bonchev–Trinajstić information content (AvgIpc) is 3.22. The highest BCUT2D eigenvalue weighted by Gasteiger charge is 2.28. The molecule has 1 saturated heterocycles. The summed E-state index contributed by atoms with van der Waals surface area (Å²) in [5, 5.41) is 2.85. The fourth-order valence-corrected chi connectivity index (χ4v) is 4.98. The van der Waals surface area contributed by atoms with Crippen LogP contribution in [-0.2, 0) is 16.6 Å². The molecule has 0 unspecified atom stereocenters. The Morgan fingerprint density at radius 2 is 1.93 bits per heavy atom. The van der Waals surface area contributed by atoms with E-state index in [1.165, 1.54) is 16.4 Å². The van der Waals surface area contributed by atoms with Gasteiger partial charge in [-0.3, -0.25) is 4.79 Å². The molecule has 1 aliphatic heterocycles. The van der Waals surface area contributed by atoms with Gasteiger partial charge in [-0.1, -0.05) is 0 Å². The second kappa shape index (κ2) is 8.59. The van der Waals surface area contributed by atoms with E-state index in [4.69, 9.17) is 0 Å². The van der Waals surface area contributed by atoms with Crippen molar-refractivity contribution in [3.8, 4) is 0 Å². The molecule has 150 valence electrons. The van der Waals surface area contributed by atoms with Crippen molar-refractivity contribution < 1.29 is 13.2 Å². The topological polar surface area (TPSA) is 82.6 Å². The number of hydrogen-bond donors (Lipinski definition) is 1. The van der Waals surface area contributed by atoms with Gasteiger partial charge in [-0.05, 0) is 64.7 Å². The molecule has 0 spiro atoms. The molecule has 1 N–H and O–H groups in total. The van der Waals surface area contributed by atoms with Crippen LogP contribution in [0.25, 0.3) is 0 Å². The SMILES string of the molecule is CN(C)c1cc(CNC(=O)c2cc(S(=O)(=O)N3CCCC3)ccc2Br)ccn1. The zero-order valence-electron chi connectivity index (χ0n) is 15.9. The van der Waals surface area contributed by atoms with E-state index in [-0.39, 0.29) is 10.8 Å². The molecule has 0 saturated carbocycles. The Morgan fingerprint density at radius 1 is 1.21 bits per heavy atom. The molecule has 1 amide bonds. The summed E-state index contributed by atoms with van der Waals surface area (Å²) in [5.41, 5.74) is 1.20. The van der Waals surface area contributed by atoms with E-state index in [9.17, 15) is 13.2 Å². The number of hydrogen-bond acceptors (Lipinski definition) is 5. The Labute approximate surface area is 173 Å². The van der Waals surface area contributed by atoms with Gasteiger partial charge in [-0.15, -0.1) is 0 Å². The quantitative estimate of drug-likeness (QED) is 0.707. The van der Waals surface area contributed by atoms with E-state index in [1.54, 1.807) is 12.3 Å². The van der Waals surface area contributed by atoms with Gasteiger partial charge in [-0.2, -0.15) is 4.31 Å². The first-order chi connectivity index (χ1) is 13.3. The number of nitrogens with one attached hydrogen (secondary N) is 1. The number of pyridine rings is 1. The van der Waals surface area contributed by atoms with Crippen molar-refractivity contribution in [3.63, 3.8) is 0 Å². The predicted octanol–water partition coefficient (Wildman–Crippen LogP) is 2.62. The Hall–Kier alpha value is -1.97. The minimum absolute atomic E-state index is 0.140. The van der Waals surface area contributed by atoms with E-state index in [0.717, 1.165) is 24.2 Å². The van der Waals surface area contributed by atoms with E-state index >= 15 is 0 Å². The van der Waals surface area contributed by atoms with Gasteiger partial charge in [0.15, 0.2) is 0 Å². The van der Waals surface area contributed by atoms with Gasteiger partial charge in [-0.25, -0.2) is 13.4 Å². The van der Waals surface area contributed by atoms with Gasteiger partial charge in [0.25, 0.3) is 5.91 Å². The minimum atomic E-state index is -3.58. The molecule has 1 aromatic carbocycles. The third-order valence-electron chi connectivity index (χ3n) is 4.61. The van der Waals surface area contributed by atoms with Crippen LogP contribution in [0.5, 0.6) is 0 Å². The zero-order valence-corrected chi connectivity index (χ0v) is 18.3. The molecular weight excluding hydrogens is 444 g/mol. The third-order valence-corrected chi connectivity index (χ3v) is 7.19. The monoisotopic (exact) mass is 466 g/mol. The fraction of sp³-hybridized carbons (Fsp3) is 0.368. The summed E-state index contributed by atoms with van der Waals surface area (Å²) in [7, 11) is 0.219. The number of nitrogens with zero attached hydrogens (tertiary/aromatic N) is 3. The summed E-state index contributed by atoms with van der Waals surface area (Å²) in [6, 6.07) is 8.29. The molecule has 2 heterocycles. The summed E-state index contributed by atoms with van der Waals surface area (Å²) < 4.78 is 27.6. The van der Waals surface area contributed by atoms with Crippen LogP contribution in [0.4, 0.5) is 5.82 Å². The van der Waals surface area contributed by atoms with Crippen molar-refractivity contribution >= 4 is 37.7 Å². The van der Waals surface area contributed by atoms with Crippen molar-refractivity contribution in [2.45, 2.75) is 24.3 Å². The highest BCUT2D eigenvalue weighted by atomic mass is 79.9. The van der Waals surface area contributed by atoms with Crippen LogP contribution in [0.1, 0.15) is 28.8 Å². The van der Waals surface area contributed by atoms with E-state index < -0.39 is 10.0 Å². The standard InChI is InChI=1S/C19H23BrN4O3S/c1-23(2)18-11-14(7-8-21-18)13-22-19(25)16-12-15(5-6-17(16)20)28(26,27)24-9-3-4-10-24/h5-8,11-12H,3-4,9-10,13H2,1-2H3,(H,22,25). The normalized spacial score (nSPS) is 14.8. The predicted molar refractivity (Wildman–Crippen MR) is 112 cm³/mol. The van der Waals surface area contributed by atoms with Crippen molar-refractivity contribution in [1.82, 2.24) is 14.6 Å². The maximum absolute atomic E-state index is 12.8. The summed E-state index contributed by atoms with van der Waals surface area (Å²) >= 11 is 3.35. The van der Waals surface area contributed by atoms with Gasteiger partial charge >= 0.3 is 0 Å². The second-order valence-electron chi connectivity index (χ2n) is 6.85. The molecule has 3 rings (SSSR count). The largest absolute Gasteiger partial charge is 0.363 e. The van der Waals surface area contributed by atoms with Crippen LogP contribution in [-0.4, -0.2) is 50.8 Å². The fourth-order valence-electron chi connectivity index (χ4n) is 3.01. The van der Waals surface area contributed by atoms with Gasteiger partial charge < -0.3 is 10.2 Å². The summed E-state index contributed by atoms with van der Waals surface area (Å²) in [5.74, 6) is 0.459. The lowest BCUT2D eigenvalue weighted by atomic mass is 10.2. The molecule has 2 aromatic rings. The van der Waals surface area contributed by atoms with Gasteiger partial charge in [0, 0.05) is 44.4 Å². The Bertz CT molecular complexity index is 973. The molecule has 1 fully saturated rings. The summed E-state index contributed by atoms with van der Waals surface area (Å²) in [6.07, 6.45) is 3.42. The molecule has 0 aliphatic carbocycles. The number of carbonyl (C=O) groups excluding carboxylic acids is 1. The van der Waals surface area contributed by atoms with Crippen LogP contribution >= 0.6 is 15.9 Å². The number of aromatic nitrogens is 1. The number of anilines is 1. The molecule has 1 aromatic heterocycles. The molecule has 0 atom stereocenters. The first-order valence-corrected chi connectivity index (χ1v) is 11.2. The zero-order chi connectivity index (χ0) is 20.3. The van der Waals surface area contributed by atoms with Crippen molar-refractivity contribution in [1.29, 1.82) is 0 Å².